The zero-order valence-corrected chi connectivity index (χ0v) is 20.5. The molecule has 36 heavy (non-hydrogen) atoms. The van der Waals surface area contributed by atoms with Crippen LogP contribution in [0.4, 0.5) is 4.39 Å². The number of sulfonamides is 1. The van der Waals surface area contributed by atoms with Crippen molar-refractivity contribution in [1.29, 1.82) is 10.5 Å². The summed E-state index contributed by atoms with van der Waals surface area (Å²) < 4.78 is 43.4. The highest BCUT2D eigenvalue weighted by molar-refractivity contribution is 7.89. The van der Waals surface area contributed by atoms with E-state index in [1.54, 1.807) is 24.3 Å². The van der Waals surface area contributed by atoms with Crippen LogP contribution in [-0.4, -0.2) is 35.6 Å². The van der Waals surface area contributed by atoms with E-state index in [4.69, 9.17) is 0 Å². The summed E-state index contributed by atoms with van der Waals surface area (Å²) in [5.74, 6) is -0.288. The van der Waals surface area contributed by atoms with Crippen LogP contribution in [0.3, 0.4) is 0 Å². The fraction of sp³-hybridized carbons (Fsp3) is 0.296. The highest BCUT2D eigenvalue weighted by Crippen LogP contribution is 2.47. The summed E-state index contributed by atoms with van der Waals surface area (Å²) in [5.41, 5.74) is 5.50. The maximum Gasteiger partial charge on any atom is 0.245 e. The molecule has 9 heteroatoms. The minimum atomic E-state index is -4.03. The number of nitrogens with zero attached hydrogens (tertiary/aromatic N) is 5. The molecule has 2 atom stereocenters. The minimum Gasteiger partial charge on any atom is -0.237 e. The van der Waals surface area contributed by atoms with Crippen molar-refractivity contribution in [2.45, 2.75) is 37.0 Å². The largest absolute Gasteiger partial charge is 0.245 e. The number of rotatable bonds is 6. The van der Waals surface area contributed by atoms with Gasteiger partial charge in [-0.05, 0) is 55.2 Å². The fourth-order valence-corrected chi connectivity index (χ4v) is 7.10. The summed E-state index contributed by atoms with van der Waals surface area (Å²) >= 11 is 0. The predicted molar refractivity (Wildman–Crippen MR) is 131 cm³/mol. The molecule has 0 bridgehead atoms. The summed E-state index contributed by atoms with van der Waals surface area (Å²) in [6.45, 7) is 2.00. The van der Waals surface area contributed by atoms with Gasteiger partial charge in [0, 0.05) is 24.4 Å². The third-order valence-electron chi connectivity index (χ3n) is 7.23. The molecule has 5 rings (SSSR count). The fourth-order valence-electron chi connectivity index (χ4n) is 5.57. The molecule has 1 heterocycles. The quantitative estimate of drug-likeness (QED) is 0.366. The van der Waals surface area contributed by atoms with Crippen molar-refractivity contribution in [2.24, 2.45) is 5.92 Å². The third kappa shape index (κ3) is 4.01. The van der Waals surface area contributed by atoms with Crippen LogP contribution in [0.25, 0.3) is 5.69 Å². The Labute approximate surface area is 209 Å². The molecule has 182 valence electrons. The number of aromatic nitrogens is 2. The second kappa shape index (κ2) is 9.34. The van der Waals surface area contributed by atoms with Crippen LogP contribution in [0.1, 0.15) is 42.5 Å². The Hall–Kier alpha value is -3.79. The molecule has 0 amide bonds. The van der Waals surface area contributed by atoms with Gasteiger partial charge >= 0.3 is 0 Å². The lowest BCUT2D eigenvalue weighted by Crippen LogP contribution is -2.36. The first-order chi connectivity index (χ1) is 17.3. The molecule has 2 aliphatic carbocycles. The first-order valence-corrected chi connectivity index (χ1v) is 13.2. The number of hydrogen-bond donors (Lipinski definition) is 0. The third-order valence-corrected chi connectivity index (χ3v) is 9.10. The SMILES string of the molecule is C[C@@H]1C2=C(CC[C@@H]2CN(CC#N)S(=O)(=O)c2ccccc2C#N)Cc2c1cnn2-c1ccc(F)cc1. The van der Waals surface area contributed by atoms with Crippen LogP contribution < -0.4 is 0 Å². The molecule has 2 aliphatic rings. The molecular weight excluding hydrogens is 477 g/mol. The Morgan fingerprint density at radius 2 is 1.92 bits per heavy atom. The van der Waals surface area contributed by atoms with Crippen molar-refractivity contribution >= 4 is 10.0 Å². The summed E-state index contributed by atoms with van der Waals surface area (Å²) in [6, 6.07) is 16.3. The average Bonchev–Trinajstić information content (AvgIpc) is 3.49. The summed E-state index contributed by atoms with van der Waals surface area (Å²) in [5, 5.41) is 23.4. The van der Waals surface area contributed by atoms with Crippen LogP contribution in [0, 0.1) is 34.4 Å². The van der Waals surface area contributed by atoms with E-state index in [0.717, 1.165) is 29.8 Å². The molecule has 0 radical (unpaired) electrons. The van der Waals surface area contributed by atoms with E-state index in [-0.39, 0.29) is 41.2 Å². The molecule has 3 aromatic rings. The van der Waals surface area contributed by atoms with Gasteiger partial charge in [-0.25, -0.2) is 17.5 Å². The van der Waals surface area contributed by atoms with E-state index < -0.39 is 10.0 Å². The molecule has 2 aromatic carbocycles. The number of fused-ring (bicyclic) bond motifs is 1. The van der Waals surface area contributed by atoms with E-state index >= 15 is 0 Å². The normalized spacial score (nSPS) is 19.0. The first kappa shape index (κ1) is 23.9. The van der Waals surface area contributed by atoms with Crippen molar-refractivity contribution in [3.63, 3.8) is 0 Å². The van der Waals surface area contributed by atoms with Crippen LogP contribution in [0.15, 0.2) is 70.8 Å². The van der Waals surface area contributed by atoms with Gasteiger partial charge in [-0.1, -0.05) is 30.2 Å². The summed E-state index contributed by atoms with van der Waals surface area (Å²) in [4.78, 5) is -0.0745. The van der Waals surface area contributed by atoms with E-state index in [1.165, 1.54) is 39.7 Å². The molecular formula is C27H24FN5O2S. The maximum absolute atomic E-state index is 13.5. The van der Waals surface area contributed by atoms with Gasteiger partial charge in [-0.15, -0.1) is 0 Å². The van der Waals surface area contributed by atoms with E-state index in [2.05, 4.69) is 12.0 Å². The summed E-state index contributed by atoms with van der Waals surface area (Å²) in [6.07, 6.45) is 4.18. The molecule has 0 fully saturated rings. The lowest BCUT2D eigenvalue weighted by Gasteiger charge is -2.30. The smallest absolute Gasteiger partial charge is 0.237 e. The van der Waals surface area contributed by atoms with Gasteiger partial charge in [-0.2, -0.15) is 19.9 Å². The lowest BCUT2D eigenvalue weighted by atomic mass is 9.80. The Kier molecular flexibility index (Phi) is 6.21. The molecule has 7 nitrogen and oxygen atoms in total. The standard InChI is InChI=1S/C27H24FN5O2S/c1-18-24-16-31-33(23-10-8-22(28)9-11-23)25(24)14-19-6-7-21(27(18)19)17-32(13-12-29)36(34,35)26-5-3-2-4-20(26)15-30/h2-5,8-11,16,18,21H,6-7,13-14,17H2,1H3/t18-,21+/m0/s1. The monoisotopic (exact) mass is 501 g/mol. The van der Waals surface area contributed by atoms with Crippen molar-refractivity contribution in [3.8, 4) is 17.8 Å². The van der Waals surface area contributed by atoms with E-state index in [9.17, 15) is 23.3 Å². The molecule has 1 aromatic heterocycles. The number of nitriles is 2. The second-order valence-corrected chi connectivity index (χ2v) is 11.1. The topological polar surface area (TPSA) is 103 Å². The van der Waals surface area contributed by atoms with Crippen LogP contribution in [0.2, 0.25) is 0 Å². The molecule has 0 N–H and O–H groups in total. The Balaban J connectivity index is 1.45. The van der Waals surface area contributed by atoms with Gasteiger partial charge in [0.25, 0.3) is 0 Å². The van der Waals surface area contributed by atoms with E-state index in [0.29, 0.717) is 6.42 Å². The highest BCUT2D eigenvalue weighted by atomic mass is 32.2. The maximum atomic E-state index is 13.5. The molecule has 0 saturated carbocycles. The summed E-state index contributed by atoms with van der Waals surface area (Å²) in [7, 11) is -4.03. The average molecular weight is 502 g/mol. The number of halogens is 1. The Morgan fingerprint density at radius 3 is 2.64 bits per heavy atom. The van der Waals surface area contributed by atoms with Gasteiger partial charge in [-0.3, -0.25) is 0 Å². The first-order valence-electron chi connectivity index (χ1n) is 11.8. The minimum absolute atomic E-state index is 0.0327. The number of benzene rings is 2. The molecule has 0 aliphatic heterocycles. The predicted octanol–water partition coefficient (Wildman–Crippen LogP) is 4.46. The zero-order chi connectivity index (χ0) is 25.4. The van der Waals surface area contributed by atoms with Crippen molar-refractivity contribution in [2.75, 3.05) is 13.1 Å². The zero-order valence-electron chi connectivity index (χ0n) is 19.7. The van der Waals surface area contributed by atoms with E-state index in [1.807, 2.05) is 23.0 Å². The second-order valence-electron chi connectivity index (χ2n) is 9.19. The van der Waals surface area contributed by atoms with Crippen molar-refractivity contribution in [3.05, 3.63) is 88.5 Å². The van der Waals surface area contributed by atoms with Crippen LogP contribution in [0.5, 0.6) is 0 Å². The highest BCUT2D eigenvalue weighted by Gasteiger charge is 2.39. The van der Waals surface area contributed by atoms with Gasteiger partial charge in [0.2, 0.25) is 10.0 Å². The molecule has 0 spiro atoms. The van der Waals surface area contributed by atoms with Crippen LogP contribution in [-0.2, 0) is 16.4 Å². The Morgan fingerprint density at radius 1 is 1.17 bits per heavy atom. The van der Waals surface area contributed by atoms with Gasteiger partial charge < -0.3 is 0 Å². The Bertz CT molecular complexity index is 1540. The molecule has 0 saturated heterocycles. The van der Waals surface area contributed by atoms with Crippen LogP contribution >= 0.6 is 0 Å². The molecule has 0 unspecified atom stereocenters. The number of allylic oxidation sites excluding steroid dienone is 1. The van der Waals surface area contributed by atoms with Crippen molar-refractivity contribution < 1.29 is 12.8 Å². The number of hydrogen-bond acceptors (Lipinski definition) is 5. The van der Waals surface area contributed by atoms with Gasteiger partial charge in [0.15, 0.2) is 0 Å². The lowest BCUT2D eigenvalue weighted by molar-refractivity contribution is 0.383. The van der Waals surface area contributed by atoms with Gasteiger partial charge in [0.1, 0.15) is 18.4 Å². The van der Waals surface area contributed by atoms with Gasteiger partial charge in [0.05, 0.1) is 34.1 Å². The van der Waals surface area contributed by atoms with Crippen molar-refractivity contribution in [1.82, 2.24) is 14.1 Å².